The van der Waals surface area contributed by atoms with Crippen LogP contribution in [0.1, 0.15) is 58.4 Å². The van der Waals surface area contributed by atoms with Gasteiger partial charge in [0.1, 0.15) is 0 Å². The van der Waals surface area contributed by atoms with Crippen molar-refractivity contribution in [3.63, 3.8) is 0 Å². The Morgan fingerprint density at radius 2 is 1.47 bits per heavy atom. The highest BCUT2D eigenvalue weighted by Gasteiger charge is 2.24. The van der Waals surface area contributed by atoms with Crippen LogP contribution in [-0.4, -0.2) is 10.2 Å². The molecule has 0 aliphatic rings. The van der Waals surface area contributed by atoms with Crippen molar-refractivity contribution in [2.75, 3.05) is 0 Å². The van der Waals surface area contributed by atoms with Crippen molar-refractivity contribution in [2.24, 2.45) is 0 Å². The van der Waals surface area contributed by atoms with Crippen LogP contribution < -0.4 is 0 Å². The topological polar surface area (TPSA) is 25.8 Å². The van der Waals surface area contributed by atoms with Gasteiger partial charge in [0, 0.05) is 5.41 Å². The average molecular weight is 206 g/mol. The summed E-state index contributed by atoms with van der Waals surface area (Å²) >= 11 is 0. The van der Waals surface area contributed by atoms with E-state index in [0.717, 1.165) is 5.69 Å². The Labute approximate surface area is 93.1 Å². The maximum atomic E-state index is 4.27. The fourth-order valence-corrected chi connectivity index (χ4v) is 1.91. The zero-order valence-electron chi connectivity index (χ0n) is 11.0. The van der Waals surface area contributed by atoms with Crippen LogP contribution in [0.4, 0.5) is 0 Å². The summed E-state index contributed by atoms with van der Waals surface area (Å²) in [4.78, 5) is 0. The smallest absolute Gasteiger partial charge is 0.0716 e. The lowest BCUT2D eigenvalue weighted by atomic mass is 9.81. The van der Waals surface area contributed by atoms with Crippen LogP contribution in [0, 0.1) is 6.92 Å². The first-order valence-corrected chi connectivity index (χ1v) is 5.47. The van der Waals surface area contributed by atoms with Crippen LogP contribution >= 0.6 is 0 Å². The van der Waals surface area contributed by atoms with E-state index in [2.05, 4.69) is 58.7 Å². The summed E-state index contributed by atoms with van der Waals surface area (Å²) in [5, 5.41) is 8.40. The van der Waals surface area contributed by atoms with E-state index < -0.39 is 0 Å². The summed E-state index contributed by atoms with van der Waals surface area (Å²) < 4.78 is 0. The summed E-state index contributed by atoms with van der Waals surface area (Å²) in [7, 11) is 0. The molecule has 1 aromatic heterocycles. The van der Waals surface area contributed by atoms with E-state index in [4.69, 9.17) is 0 Å². The molecule has 15 heavy (non-hydrogen) atoms. The SMILES string of the molecule is Cc1c(C(C)(C)C)cnnc1C(C)(C)C. The molecule has 2 nitrogen and oxygen atoms in total. The Hall–Kier alpha value is -0.920. The predicted molar refractivity (Wildman–Crippen MR) is 64.2 cm³/mol. The molecule has 0 saturated heterocycles. The molecule has 2 heteroatoms. The van der Waals surface area contributed by atoms with Crippen LogP contribution in [0.15, 0.2) is 6.20 Å². The third kappa shape index (κ3) is 2.55. The van der Waals surface area contributed by atoms with Crippen molar-refractivity contribution in [1.82, 2.24) is 10.2 Å². The van der Waals surface area contributed by atoms with E-state index in [0.29, 0.717) is 0 Å². The summed E-state index contributed by atoms with van der Waals surface area (Å²) in [5.41, 5.74) is 3.89. The molecule has 1 rings (SSSR count). The molecule has 0 N–H and O–H groups in total. The van der Waals surface area contributed by atoms with Gasteiger partial charge in [0.2, 0.25) is 0 Å². The van der Waals surface area contributed by atoms with Gasteiger partial charge in [-0.2, -0.15) is 10.2 Å². The number of nitrogens with zero attached hydrogens (tertiary/aromatic N) is 2. The van der Waals surface area contributed by atoms with Gasteiger partial charge in [-0.25, -0.2) is 0 Å². The first-order chi connectivity index (χ1) is 6.64. The Morgan fingerprint density at radius 1 is 0.933 bits per heavy atom. The molecule has 0 amide bonds. The number of hydrogen-bond donors (Lipinski definition) is 0. The lowest BCUT2D eigenvalue weighted by Gasteiger charge is -2.26. The van der Waals surface area contributed by atoms with Crippen molar-refractivity contribution in [3.8, 4) is 0 Å². The van der Waals surface area contributed by atoms with Crippen molar-refractivity contribution in [3.05, 3.63) is 23.0 Å². The van der Waals surface area contributed by atoms with Gasteiger partial charge in [-0.3, -0.25) is 0 Å². The molecule has 0 atom stereocenters. The van der Waals surface area contributed by atoms with Gasteiger partial charge in [0.05, 0.1) is 11.9 Å². The van der Waals surface area contributed by atoms with Crippen LogP contribution in [0.3, 0.4) is 0 Å². The van der Waals surface area contributed by atoms with Crippen LogP contribution in [0.5, 0.6) is 0 Å². The molecular formula is C13H22N2. The third-order valence-corrected chi connectivity index (χ3v) is 2.62. The van der Waals surface area contributed by atoms with Gasteiger partial charge < -0.3 is 0 Å². The highest BCUT2D eigenvalue weighted by atomic mass is 15.1. The molecule has 0 unspecified atom stereocenters. The quantitative estimate of drug-likeness (QED) is 0.650. The summed E-state index contributed by atoms with van der Waals surface area (Å²) in [6.07, 6.45) is 1.89. The molecule has 0 fully saturated rings. The number of aromatic nitrogens is 2. The van der Waals surface area contributed by atoms with E-state index in [1.165, 1.54) is 11.1 Å². The highest BCUT2D eigenvalue weighted by molar-refractivity contribution is 5.34. The molecule has 0 aliphatic heterocycles. The Kier molecular flexibility index (Phi) is 2.90. The minimum atomic E-state index is 0.0678. The normalized spacial score (nSPS) is 13.0. The standard InChI is InChI=1S/C13H22N2/c1-9-10(12(2,3)4)8-14-15-11(9)13(5,6)7/h8H,1-7H3. The molecule has 0 aliphatic carbocycles. The molecular weight excluding hydrogens is 184 g/mol. The summed E-state index contributed by atoms with van der Waals surface area (Å²) in [6.45, 7) is 15.3. The fourth-order valence-electron chi connectivity index (χ4n) is 1.91. The molecule has 84 valence electrons. The predicted octanol–water partition coefficient (Wildman–Crippen LogP) is 3.38. The van der Waals surface area contributed by atoms with Gasteiger partial charge in [-0.05, 0) is 23.5 Å². The number of hydrogen-bond acceptors (Lipinski definition) is 2. The maximum Gasteiger partial charge on any atom is 0.0716 e. The summed E-state index contributed by atoms with van der Waals surface area (Å²) in [6, 6.07) is 0. The van der Waals surface area contributed by atoms with Gasteiger partial charge in [-0.1, -0.05) is 41.5 Å². The van der Waals surface area contributed by atoms with Crippen molar-refractivity contribution < 1.29 is 0 Å². The minimum Gasteiger partial charge on any atom is -0.159 e. The first-order valence-electron chi connectivity index (χ1n) is 5.47. The van der Waals surface area contributed by atoms with Gasteiger partial charge in [0.25, 0.3) is 0 Å². The largest absolute Gasteiger partial charge is 0.159 e. The Balaban J connectivity index is 3.37. The van der Waals surface area contributed by atoms with Crippen LogP contribution in [-0.2, 0) is 10.8 Å². The fraction of sp³-hybridized carbons (Fsp3) is 0.692. The summed E-state index contributed by atoms with van der Waals surface area (Å²) in [5.74, 6) is 0. The van der Waals surface area contributed by atoms with Crippen LogP contribution in [0.25, 0.3) is 0 Å². The minimum absolute atomic E-state index is 0.0678. The Morgan fingerprint density at radius 3 is 1.87 bits per heavy atom. The van der Waals surface area contributed by atoms with Crippen molar-refractivity contribution in [1.29, 1.82) is 0 Å². The lowest BCUT2D eigenvalue weighted by molar-refractivity contribution is 0.532. The van der Waals surface area contributed by atoms with Crippen molar-refractivity contribution in [2.45, 2.75) is 59.3 Å². The second-order valence-corrected chi connectivity index (χ2v) is 6.23. The van der Waals surface area contributed by atoms with Gasteiger partial charge in [-0.15, -0.1) is 0 Å². The molecule has 1 heterocycles. The highest BCUT2D eigenvalue weighted by Crippen LogP contribution is 2.30. The molecule has 0 aromatic carbocycles. The van der Waals surface area contributed by atoms with Gasteiger partial charge >= 0.3 is 0 Å². The average Bonchev–Trinajstić information content (AvgIpc) is 1.99. The molecule has 1 aromatic rings. The second-order valence-electron chi connectivity index (χ2n) is 6.23. The zero-order valence-corrected chi connectivity index (χ0v) is 11.0. The molecule has 0 spiro atoms. The Bertz CT molecular complexity index is 322. The van der Waals surface area contributed by atoms with E-state index in [1.54, 1.807) is 0 Å². The van der Waals surface area contributed by atoms with E-state index in [9.17, 15) is 0 Å². The third-order valence-electron chi connectivity index (χ3n) is 2.62. The lowest BCUT2D eigenvalue weighted by Crippen LogP contribution is -2.21. The van der Waals surface area contributed by atoms with Crippen LogP contribution in [0.2, 0.25) is 0 Å². The number of rotatable bonds is 0. The maximum absolute atomic E-state index is 4.27. The first kappa shape index (κ1) is 12.2. The molecule has 0 bridgehead atoms. The van der Waals surface area contributed by atoms with E-state index in [1.807, 2.05) is 6.20 Å². The monoisotopic (exact) mass is 206 g/mol. The van der Waals surface area contributed by atoms with E-state index >= 15 is 0 Å². The van der Waals surface area contributed by atoms with Crippen molar-refractivity contribution >= 4 is 0 Å². The second kappa shape index (κ2) is 3.58. The molecule has 0 saturated carbocycles. The zero-order chi connectivity index (χ0) is 11.9. The van der Waals surface area contributed by atoms with E-state index in [-0.39, 0.29) is 10.8 Å². The van der Waals surface area contributed by atoms with Gasteiger partial charge in [0.15, 0.2) is 0 Å². The molecule has 0 radical (unpaired) electrons.